The SMILES string of the molecule is COc1cccc(C(=O)NNc2cnc(OC)c(F)c2)c1OC. The standard InChI is InChI=1S/C15H16FN3O4/c1-21-12-6-4-5-10(13(12)22-2)14(20)19-18-9-7-11(16)15(23-3)17-8-9/h4-8,18H,1-3H3,(H,19,20). The van der Waals surface area contributed by atoms with Crippen LogP contribution >= 0.6 is 0 Å². The number of nitrogens with one attached hydrogen (secondary N) is 2. The van der Waals surface area contributed by atoms with Crippen molar-refractivity contribution >= 4 is 11.6 Å². The Bertz CT molecular complexity index is 709. The van der Waals surface area contributed by atoms with Crippen LogP contribution in [0.3, 0.4) is 0 Å². The number of carbonyl (C=O) groups excluding carboxylic acids is 1. The van der Waals surface area contributed by atoms with Gasteiger partial charge in [0.05, 0.1) is 38.8 Å². The van der Waals surface area contributed by atoms with E-state index in [1.165, 1.54) is 27.5 Å². The third-order valence-corrected chi connectivity index (χ3v) is 2.97. The van der Waals surface area contributed by atoms with E-state index >= 15 is 0 Å². The summed E-state index contributed by atoms with van der Waals surface area (Å²) in [6.07, 6.45) is 1.32. The number of para-hydroxylation sites is 1. The van der Waals surface area contributed by atoms with Gasteiger partial charge in [-0.15, -0.1) is 0 Å². The Balaban J connectivity index is 2.12. The Labute approximate surface area is 132 Å². The maximum Gasteiger partial charge on any atom is 0.273 e. The van der Waals surface area contributed by atoms with E-state index in [2.05, 4.69) is 15.8 Å². The average Bonchev–Trinajstić information content (AvgIpc) is 2.58. The van der Waals surface area contributed by atoms with Gasteiger partial charge in [0.25, 0.3) is 5.91 Å². The largest absolute Gasteiger partial charge is 0.493 e. The molecule has 1 heterocycles. The average molecular weight is 321 g/mol. The van der Waals surface area contributed by atoms with Crippen molar-refractivity contribution in [2.75, 3.05) is 26.8 Å². The second kappa shape index (κ2) is 7.30. The summed E-state index contributed by atoms with van der Waals surface area (Å²) in [6.45, 7) is 0. The minimum atomic E-state index is -0.647. The molecule has 1 aromatic carbocycles. The zero-order valence-corrected chi connectivity index (χ0v) is 12.8. The molecule has 0 spiro atoms. The molecular formula is C15H16FN3O4. The van der Waals surface area contributed by atoms with Crippen LogP contribution in [0.1, 0.15) is 10.4 Å². The van der Waals surface area contributed by atoms with Crippen molar-refractivity contribution in [2.24, 2.45) is 0 Å². The van der Waals surface area contributed by atoms with E-state index in [9.17, 15) is 9.18 Å². The van der Waals surface area contributed by atoms with Crippen LogP contribution in [0.2, 0.25) is 0 Å². The summed E-state index contributed by atoms with van der Waals surface area (Å²) in [5.41, 5.74) is 5.53. The van der Waals surface area contributed by atoms with Crippen molar-refractivity contribution in [1.82, 2.24) is 10.4 Å². The van der Waals surface area contributed by atoms with Gasteiger partial charge in [0.15, 0.2) is 17.3 Å². The number of nitrogens with zero attached hydrogens (tertiary/aromatic N) is 1. The molecule has 2 rings (SSSR count). The number of carbonyl (C=O) groups is 1. The Hall–Kier alpha value is -3.03. The smallest absolute Gasteiger partial charge is 0.273 e. The molecule has 0 unspecified atom stereocenters. The Morgan fingerprint density at radius 2 is 1.96 bits per heavy atom. The molecule has 0 fully saturated rings. The fourth-order valence-electron chi connectivity index (χ4n) is 1.91. The zero-order valence-electron chi connectivity index (χ0n) is 12.8. The molecule has 0 bridgehead atoms. The number of hydrazine groups is 1. The zero-order chi connectivity index (χ0) is 16.8. The highest BCUT2D eigenvalue weighted by atomic mass is 19.1. The van der Waals surface area contributed by atoms with Gasteiger partial charge in [-0.25, -0.2) is 9.37 Å². The number of rotatable bonds is 6. The maximum atomic E-state index is 13.5. The maximum absolute atomic E-state index is 13.5. The van der Waals surface area contributed by atoms with E-state index in [0.717, 1.165) is 6.07 Å². The molecule has 0 saturated carbocycles. The Morgan fingerprint density at radius 1 is 1.17 bits per heavy atom. The van der Waals surface area contributed by atoms with Gasteiger partial charge in [-0.1, -0.05) is 6.07 Å². The number of amides is 1. The molecule has 0 aliphatic rings. The van der Waals surface area contributed by atoms with Gasteiger partial charge in [0.1, 0.15) is 0 Å². The van der Waals surface area contributed by atoms with Crippen molar-refractivity contribution in [3.63, 3.8) is 0 Å². The molecule has 7 nitrogen and oxygen atoms in total. The van der Waals surface area contributed by atoms with E-state index in [1.54, 1.807) is 18.2 Å². The number of halogens is 1. The van der Waals surface area contributed by atoms with Crippen LogP contribution in [0, 0.1) is 5.82 Å². The molecule has 2 aromatic rings. The lowest BCUT2D eigenvalue weighted by atomic mass is 10.2. The van der Waals surface area contributed by atoms with Gasteiger partial charge in [0.2, 0.25) is 5.88 Å². The number of methoxy groups -OCH3 is 3. The first-order valence-electron chi connectivity index (χ1n) is 6.57. The van der Waals surface area contributed by atoms with Crippen LogP contribution in [0.25, 0.3) is 0 Å². The topological polar surface area (TPSA) is 81.7 Å². The van der Waals surface area contributed by atoms with E-state index in [4.69, 9.17) is 14.2 Å². The van der Waals surface area contributed by atoms with E-state index in [1.807, 2.05) is 0 Å². The van der Waals surface area contributed by atoms with Crippen LogP contribution in [0.5, 0.6) is 17.4 Å². The van der Waals surface area contributed by atoms with Gasteiger partial charge in [0, 0.05) is 6.07 Å². The fraction of sp³-hybridized carbons (Fsp3) is 0.200. The van der Waals surface area contributed by atoms with Gasteiger partial charge < -0.3 is 14.2 Å². The van der Waals surface area contributed by atoms with Crippen molar-refractivity contribution in [3.05, 3.63) is 41.8 Å². The highest BCUT2D eigenvalue weighted by Gasteiger charge is 2.16. The van der Waals surface area contributed by atoms with Gasteiger partial charge >= 0.3 is 0 Å². The molecule has 122 valence electrons. The summed E-state index contributed by atoms with van der Waals surface area (Å²) >= 11 is 0. The first-order valence-corrected chi connectivity index (χ1v) is 6.57. The van der Waals surface area contributed by atoms with Crippen LogP contribution in [-0.4, -0.2) is 32.2 Å². The predicted molar refractivity (Wildman–Crippen MR) is 81.4 cm³/mol. The van der Waals surface area contributed by atoms with Crippen LogP contribution in [0.4, 0.5) is 10.1 Å². The Morgan fingerprint density at radius 3 is 2.57 bits per heavy atom. The molecule has 2 N–H and O–H groups in total. The number of ether oxygens (including phenoxy) is 3. The van der Waals surface area contributed by atoms with Gasteiger partial charge in [-0.2, -0.15) is 0 Å². The molecule has 1 aromatic heterocycles. The lowest BCUT2D eigenvalue weighted by Gasteiger charge is -2.13. The normalized spacial score (nSPS) is 9.91. The number of anilines is 1. The molecule has 0 atom stereocenters. The second-order valence-electron chi connectivity index (χ2n) is 4.34. The summed E-state index contributed by atoms with van der Waals surface area (Å²) in [5.74, 6) is -0.523. The summed E-state index contributed by atoms with van der Waals surface area (Å²) in [6, 6.07) is 6.05. The molecule has 23 heavy (non-hydrogen) atoms. The van der Waals surface area contributed by atoms with E-state index in [-0.39, 0.29) is 17.1 Å². The van der Waals surface area contributed by atoms with Gasteiger partial charge in [-0.3, -0.25) is 15.6 Å². The molecule has 0 saturated heterocycles. The summed E-state index contributed by atoms with van der Waals surface area (Å²) in [4.78, 5) is 16.0. The molecule has 0 radical (unpaired) electrons. The van der Waals surface area contributed by atoms with Crippen molar-refractivity contribution < 1.29 is 23.4 Å². The number of pyridine rings is 1. The minimum absolute atomic E-state index is 0.128. The van der Waals surface area contributed by atoms with Crippen molar-refractivity contribution in [1.29, 1.82) is 0 Å². The monoisotopic (exact) mass is 321 g/mol. The second-order valence-corrected chi connectivity index (χ2v) is 4.34. The number of aromatic nitrogens is 1. The molecule has 8 heteroatoms. The summed E-state index contributed by atoms with van der Waals surface area (Å²) in [5, 5.41) is 0. The highest BCUT2D eigenvalue weighted by Crippen LogP contribution is 2.30. The Kier molecular flexibility index (Phi) is 5.19. The molecule has 0 aliphatic carbocycles. The number of hydrogen-bond acceptors (Lipinski definition) is 6. The third kappa shape index (κ3) is 3.60. The summed E-state index contributed by atoms with van der Waals surface area (Å²) in [7, 11) is 4.23. The highest BCUT2D eigenvalue weighted by molar-refractivity contribution is 5.98. The van der Waals surface area contributed by atoms with E-state index < -0.39 is 11.7 Å². The first kappa shape index (κ1) is 16.3. The van der Waals surface area contributed by atoms with E-state index in [0.29, 0.717) is 11.5 Å². The summed E-state index contributed by atoms with van der Waals surface area (Å²) < 4.78 is 28.6. The van der Waals surface area contributed by atoms with Crippen molar-refractivity contribution in [3.8, 4) is 17.4 Å². The molecule has 0 aliphatic heterocycles. The van der Waals surface area contributed by atoms with Gasteiger partial charge in [-0.05, 0) is 12.1 Å². The first-order chi connectivity index (χ1) is 11.1. The minimum Gasteiger partial charge on any atom is -0.493 e. The number of benzene rings is 1. The van der Waals surface area contributed by atoms with Crippen LogP contribution < -0.4 is 25.1 Å². The third-order valence-electron chi connectivity index (χ3n) is 2.97. The molecule has 1 amide bonds. The lowest BCUT2D eigenvalue weighted by Crippen LogP contribution is -2.29. The van der Waals surface area contributed by atoms with Crippen LogP contribution in [-0.2, 0) is 0 Å². The van der Waals surface area contributed by atoms with Crippen molar-refractivity contribution in [2.45, 2.75) is 0 Å². The van der Waals surface area contributed by atoms with Crippen LogP contribution in [0.15, 0.2) is 30.5 Å². The predicted octanol–water partition coefficient (Wildman–Crippen LogP) is 2.00. The molecular weight excluding hydrogens is 305 g/mol. The number of hydrogen-bond donors (Lipinski definition) is 2. The quantitative estimate of drug-likeness (QED) is 0.792. The fourth-order valence-corrected chi connectivity index (χ4v) is 1.91. The lowest BCUT2D eigenvalue weighted by molar-refractivity contribution is 0.0959.